The van der Waals surface area contributed by atoms with E-state index in [1.165, 1.54) is 0 Å². The van der Waals surface area contributed by atoms with E-state index in [1.54, 1.807) is 29.9 Å². The second-order valence-electron chi connectivity index (χ2n) is 7.16. The van der Waals surface area contributed by atoms with Gasteiger partial charge in [0.15, 0.2) is 0 Å². The molecule has 3 rings (SSSR count). The lowest BCUT2D eigenvalue weighted by molar-refractivity contribution is -0.135. The normalized spacial score (nSPS) is 14.8. The molecule has 1 fully saturated rings. The Morgan fingerprint density at radius 3 is 2.48 bits per heavy atom. The second kappa shape index (κ2) is 7.86. The highest BCUT2D eigenvalue weighted by atomic mass is 16.5. The van der Waals surface area contributed by atoms with Crippen LogP contribution < -0.4 is 4.74 Å². The highest BCUT2D eigenvalue weighted by Gasteiger charge is 2.29. The quantitative estimate of drug-likeness (QED) is 0.811. The maximum absolute atomic E-state index is 12.8. The number of amides is 2. The molecule has 27 heavy (non-hydrogen) atoms. The first kappa shape index (κ1) is 19.0. The molecule has 6 heteroatoms. The van der Waals surface area contributed by atoms with Crippen molar-refractivity contribution < 1.29 is 18.7 Å². The fourth-order valence-electron chi connectivity index (χ4n) is 3.17. The molecule has 0 N–H and O–H groups in total. The van der Waals surface area contributed by atoms with Crippen molar-refractivity contribution in [2.45, 2.75) is 33.2 Å². The van der Waals surface area contributed by atoms with Gasteiger partial charge in [-0.2, -0.15) is 0 Å². The lowest BCUT2D eigenvalue weighted by Gasteiger charge is -2.34. The van der Waals surface area contributed by atoms with Gasteiger partial charge in [0.05, 0.1) is 12.7 Å². The largest absolute Gasteiger partial charge is 0.497 e. The zero-order valence-electron chi connectivity index (χ0n) is 16.3. The molecule has 1 aliphatic heterocycles. The number of carbonyl (C=O) groups is 2. The van der Waals surface area contributed by atoms with Gasteiger partial charge in [-0.25, -0.2) is 0 Å². The maximum atomic E-state index is 12.8. The highest BCUT2D eigenvalue weighted by molar-refractivity contribution is 5.98. The van der Waals surface area contributed by atoms with Gasteiger partial charge in [-0.15, -0.1) is 0 Å². The summed E-state index contributed by atoms with van der Waals surface area (Å²) in [5.74, 6) is 2.22. The minimum absolute atomic E-state index is 0.0457. The van der Waals surface area contributed by atoms with Crippen molar-refractivity contribution in [1.29, 1.82) is 0 Å². The lowest BCUT2D eigenvalue weighted by Crippen LogP contribution is -2.51. The van der Waals surface area contributed by atoms with Gasteiger partial charge in [0.1, 0.15) is 23.8 Å². The Morgan fingerprint density at radius 2 is 1.93 bits per heavy atom. The van der Waals surface area contributed by atoms with Gasteiger partial charge in [0, 0.05) is 25.6 Å². The summed E-state index contributed by atoms with van der Waals surface area (Å²) in [6.45, 7) is 7.50. The van der Waals surface area contributed by atoms with Crippen LogP contribution in [-0.4, -0.2) is 48.4 Å². The Morgan fingerprint density at radius 1 is 1.22 bits per heavy atom. The number of hydrogen-bond acceptors (Lipinski definition) is 4. The van der Waals surface area contributed by atoms with Crippen LogP contribution in [-0.2, 0) is 11.3 Å². The molecular formula is C21H26N2O4. The van der Waals surface area contributed by atoms with Crippen molar-refractivity contribution in [3.63, 3.8) is 0 Å². The molecule has 1 aliphatic rings. The first-order valence-electron chi connectivity index (χ1n) is 9.19. The maximum Gasteiger partial charge on any atom is 0.257 e. The number of furan rings is 1. The molecule has 0 atom stereocenters. The van der Waals surface area contributed by atoms with Crippen LogP contribution in [0.25, 0.3) is 0 Å². The average molecular weight is 370 g/mol. The van der Waals surface area contributed by atoms with E-state index in [0.29, 0.717) is 31.0 Å². The minimum atomic E-state index is -0.138. The lowest BCUT2D eigenvalue weighted by atomic mass is 10.1. The average Bonchev–Trinajstić information content (AvgIpc) is 3.05. The van der Waals surface area contributed by atoms with Gasteiger partial charge in [0.2, 0.25) is 5.91 Å². The standard InChI is InChI=1S/C21H26N2O4/c1-14(2)19-11-18(15(3)27-19)21(25)23-10-9-22(20(24)13-23)12-16-5-7-17(26-4)8-6-16/h5-8,11,14H,9-10,12-13H2,1-4H3. The molecule has 144 valence electrons. The number of benzene rings is 1. The van der Waals surface area contributed by atoms with Crippen molar-refractivity contribution in [3.8, 4) is 5.75 Å². The molecule has 1 aromatic heterocycles. The molecule has 1 saturated heterocycles. The molecule has 0 aliphatic carbocycles. The Labute approximate surface area is 159 Å². The van der Waals surface area contributed by atoms with Crippen molar-refractivity contribution in [2.75, 3.05) is 26.7 Å². The van der Waals surface area contributed by atoms with Crippen LogP contribution >= 0.6 is 0 Å². The van der Waals surface area contributed by atoms with Crippen molar-refractivity contribution in [1.82, 2.24) is 9.80 Å². The number of hydrogen-bond donors (Lipinski definition) is 0. The van der Waals surface area contributed by atoms with E-state index in [-0.39, 0.29) is 24.3 Å². The van der Waals surface area contributed by atoms with Crippen LogP contribution in [0.15, 0.2) is 34.7 Å². The smallest absolute Gasteiger partial charge is 0.257 e. The minimum Gasteiger partial charge on any atom is -0.497 e. The van der Waals surface area contributed by atoms with Gasteiger partial charge in [-0.1, -0.05) is 26.0 Å². The summed E-state index contributed by atoms with van der Waals surface area (Å²) < 4.78 is 10.8. The third-order valence-corrected chi connectivity index (χ3v) is 4.87. The topological polar surface area (TPSA) is 63.0 Å². The zero-order chi connectivity index (χ0) is 19.6. The molecule has 2 aromatic rings. The molecule has 6 nitrogen and oxygen atoms in total. The van der Waals surface area contributed by atoms with Gasteiger partial charge < -0.3 is 19.0 Å². The first-order chi connectivity index (χ1) is 12.9. The first-order valence-corrected chi connectivity index (χ1v) is 9.19. The number of nitrogens with zero attached hydrogens (tertiary/aromatic N) is 2. The Balaban J connectivity index is 1.64. The van der Waals surface area contributed by atoms with Crippen LogP contribution in [0.1, 0.15) is 47.2 Å². The van der Waals surface area contributed by atoms with E-state index in [2.05, 4.69) is 0 Å². The van der Waals surface area contributed by atoms with E-state index in [4.69, 9.17) is 9.15 Å². The third-order valence-electron chi connectivity index (χ3n) is 4.87. The SMILES string of the molecule is COc1ccc(CN2CCN(C(=O)c3cc(C(C)C)oc3C)CC2=O)cc1. The summed E-state index contributed by atoms with van der Waals surface area (Å²) >= 11 is 0. The van der Waals surface area contributed by atoms with E-state index in [9.17, 15) is 9.59 Å². The van der Waals surface area contributed by atoms with Gasteiger partial charge in [-0.3, -0.25) is 9.59 Å². The van der Waals surface area contributed by atoms with E-state index in [1.807, 2.05) is 38.1 Å². The van der Waals surface area contributed by atoms with Crippen molar-refractivity contribution in [2.24, 2.45) is 0 Å². The molecule has 0 saturated carbocycles. The second-order valence-corrected chi connectivity index (χ2v) is 7.16. The Hall–Kier alpha value is -2.76. The van der Waals surface area contributed by atoms with Crippen LogP contribution in [0.5, 0.6) is 5.75 Å². The Bertz CT molecular complexity index is 823. The predicted molar refractivity (Wildman–Crippen MR) is 102 cm³/mol. The van der Waals surface area contributed by atoms with Crippen molar-refractivity contribution >= 4 is 11.8 Å². The molecular weight excluding hydrogens is 344 g/mol. The van der Waals surface area contributed by atoms with Gasteiger partial charge in [-0.05, 0) is 30.7 Å². The number of ether oxygens (including phenoxy) is 1. The van der Waals surface area contributed by atoms with Crippen LogP contribution in [0.3, 0.4) is 0 Å². The van der Waals surface area contributed by atoms with Crippen LogP contribution in [0.4, 0.5) is 0 Å². The Kier molecular flexibility index (Phi) is 5.54. The molecule has 0 unspecified atom stereocenters. The molecule has 0 radical (unpaired) electrons. The number of piperazine rings is 1. The summed E-state index contributed by atoms with van der Waals surface area (Å²) in [5, 5.41) is 0. The monoisotopic (exact) mass is 370 g/mol. The highest BCUT2D eigenvalue weighted by Crippen LogP contribution is 2.23. The number of aryl methyl sites for hydroxylation is 1. The summed E-state index contributed by atoms with van der Waals surface area (Å²) in [4.78, 5) is 28.8. The molecule has 0 spiro atoms. The number of methoxy groups -OCH3 is 1. The van der Waals surface area contributed by atoms with E-state index in [0.717, 1.165) is 17.1 Å². The molecule has 1 aromatic carbocycles. The predicted octanol–water partition coefficient (Wildman–Crippen LogP) is 3.20. The summed E-state index contributed by atoms with van der Waals surface area (Å²) in [5.41, 5.74) is 1.59. The molecule has 2 amide bonds. The summed E-state index contributed by atoms with van der Waals surface area (Å²) in [7, 11) is 1.63. The third kappa shape index (κ3) is 4.15. The fraction of sp³-hybridized carbons (Fsp3) is 0.429. The molecule has 2 heterocycles. The van der Waals surface area contributed by atoms with E-state index < -0.39 is 0 Å². The number of rotatable bonds is 5. The molecule has 0 bridgehead atoms. The van der Waals surface area contributed by atoms with Crippen LogP contribution in [0.2, 0.25) is 0 Å². The van der Waals surface area contributed by atoms with Crippen LogP contribution in [0, 0.1) is 6.92 Å². The zero-order valence-corrected chi connectivity index (χ0v) is 16.3. The summed E-state index contributed by atoms with van der Waals surface area (Å²) in [6.07, 6.45) is 0. The number of carbonyl (C=O) groups excluding carboxylic acids is 2. The van der Waals surface area contributed by atoms with Gasteiger partial charge >= 0.3 is 0 Å². The van der Waals surface area contributed by atoms with E-state index >= 15 is 0 Å². The summed E-state index contributed by atoms with van der Waals surface area (Å²) in [6, 6.07) is 9.47. The van der Waals surface area contributed by atoms with Gasteiger partial charge in [0.25, 0.3) is 5.91 Å². The fourth-order valence-corrected chi connectivity index (χ4v) is 3.17. The van der Waals surface area contributed by atoms with Crippen molar-refractivity contribution in [3.05, 3.63) is 53.0 Å².